The van der Waals surface area contributed by atoms with Crippen molar-refractivity contribution in [3.63, 3.8) is 0 Å². The number of phenolic OH excluding ortho intramolecular Hbond substituents is 2. The molecule has 0 spiro atoms. The van der Waals surface area contributed by atoms with Crippen LogP contribution in [0.3, 0.4) is 0 Å². The van der Waals surface area contributed by atoms with Gasteiger partial charge in [-0.15, -0.1) is 0 Å². The molecule has 0 heterocycles. The largest absolute Gasteiger partial charge is 0.507 e. The third-order valence-electron chi connectivity index (χ3n) is 13.8. The predicted octanol–water partition coefficient (Wildman–Crippen LogP) is 12.2. The SMILES string of the molecule is CCN(CCN(CC)Cc1cccc(C2(c3ccccc3)c3ccccc3-c3ccccc32)c1O)Cc1cccc(C2(c3ccccc3)c3ccccc3-c3ccccc32)c1O. The lowest BCUT2D eigenvalue weighted by atomic mass is 9.67. The molecule has 0 aromatic heterocycles. The first-order valence-electron chi connectivity index (χ1n) is 22.1. The van der Waals surface area contributed by atoms with Gasteiger partial charge in [-0.2, -0.15) is 0 Å². The lowest BCUT2D eigenvalue weighted by Crippen LogP contribution is -2.35. The molecule has 0 bridgehead atoms. The maximum absolute atomic E-state index is 12.5. The zero-order valence-electron chi connectivity index (χ0n) is 35.5. The highest BCUT2D eigenvalue weighted by Crippen LogP contribution is 2.59. The van der Waals surface area contributed by atoms with Crippen molar-refractivity contribution >= 4 is 0 Å². The minimum atomic E-state index is -0.664. The molecule has 306 valence electrons. The van der Waals surface area contributed by atoms with Crippen molar-refractivity contribution < 1.29 is 10.2 Å². The Balaban J connectivity index is 0.950. The van der Waals surface area contributed by atoms with E-state index in [1.54, 1.807) is 0 Å². The molecule has 0 aliphatic heterocycles. The predicted molar refractivity (Wildman–Crippen MR) is 253 cm³/mol. The molecular formula is C58H52N2O2. The Hall–Kier alpha value is -6.72. The molecular weight excluding hydrogens is 757 g/mol. The molecule has 2 aliphatic rings. The fraction of sp³-hybridized carbons (Fsp3) is 0.172. The van der Waals surface area contributed by atoms with E-state index >= 15 is 0 Å². The molecule has 0 fully saturated rings. The van der Waals surface area contributed by atoms with Crippen molar-refractivity contribution in [1.29, 1.82) is 0 Å². The maximum atomic E-state index is 12.5. The van der Waals surface area contributed by atoms with E-state index in [9.17, 15) is 10.2 Å². The molecule has 0 radical (unpaired) electrons. The second-order valence-electron chi connectivity index (χ2n) is 16.8. The first-order valence-corrected chi connectivity index (χ1v) is 22.1. The molecule has 0 unspecified atom stereocenters. The van der Waals surface area contributed by atoms with Gasteiger partial charge in [0.25, 0.3) is 0 Å². The van der Waals surface area contributed by atoms with E-state index in [4.69, 9.17) is 0 Å². The van der Waals surface area contributed by atoms with Gasteiger partial charge in [-0.05, 0) is 68.7 Å². The number of para-hydroxylation sites is 2. The van der Waals surface area contributed by atoms with E-state index in [0.717, 1.165) is 59.6 Å². The number of nitrogens with zero attached hydrogens (tertiary/aromatic N) is 2. The minimum Gasteiger partial charge on any atom is -0.507 e. The summed E-state index contributed by atoms with van der Waals surface area (Å²) in [4.78, 5) is 4.83. The number of hydrogen-bond acceptors (Lipinski definition) is 4. The van der Waals surface area contributed by atoms with Gasteiger partial charge in [0, 0.05) is 48.4 Å². The number of aromatic hydroxyl groups is 2. The van der Waals surface area contributed by atoms with Gasteiger partial charge in [0.1, 0.15) is 11.5 Å². The molecule has 10 rings (SSSR count). The van der Waals surface area contributed by atoms with Crippen LogP contribution in [0.1, 0.15) is 69.5 Å². The van der Waals surface area contributed by atoms with Crippen LogP contribution in [0.2, 0.25) is 0 Å². The Morgan fingerprint density at radius 3 is 0.952 bits per heavy atom. The average Bonchev–Trinajstić information content (AvgIpc) is 3.80. The van der Waals surface area contributed by atoms with Gasteiger partial charge in [0.05, 0.1) is 10.8 Å². The van der Waals surface area contributed by atoms with Gasteiger partial charge < -0.3 is 10.2 Å². The van der Waals surface area contributed by atoms with Crippen LogP contribution < -0.4 is 0 Å². The van der Waals surface area contributed by atoms with Crippen LogP contribution >= 0.6 is 0 Å². The van der Waals surface area contributed by atoms with E-state index in [-0.39, 0.29) is 0 Å². The van der Waals surface area contributed by atoms with Gasteiger partial charge in [-0.25, -0.2) is 0 Å². The van der Waals surface area contributed by atoms with Crippen LogP contribution in [0.25, 0.3) is 22.3 Å². The molecule has 8 aromatic rings. The summed E-state index contributed by atoms with van der Waals surface area (Å²) in [6.07, 6.45) is 0. The Kier molecular flexibility index (Phi) is 10.4. The van der Waals surface area contributed by atoms with Crippen molar-refractivity contribution in [2.24, 2.45) is 0 Å². The fourth-order valence-electron chi connectivity index (χ4n) is 10.9. The van der Waals surface area contributed by atoms with E-state index in [1.165, 1.54) is 44.5 Å². The lowest BCUT2D eigenvalue weighted by molar-refractivity contribution is 0.202. The van der Waals surface area contributed by atoms with E-state index in [0.29, 0.717) is 24.6 Å². The molecule has 4 heteroatoms. The van der Waals surface area contributed by atoms with Crippen molar-refractivity contribution in [1.82, 2.24) is 9.80 Å². The van der Waals surface area contributed by atoms with Gasteiger partial charge in [0.2, 0.25) is 0 Å². The Morgan fingerprint density at radius 2 is 0.629 bits per heavy atom. The third kappa shape index (κ3) is 6.12. The molecule has 0 saturated heterocycles. The fourth-order valence-corrected chi connectivity index (χ4v) is 10.9. The lowest BCUT2D eigenvalue weighted by Gasteiger charge is -2.35. The van der Waals surface area contributed by atoms with Gasteiger partial charge >= 0.3 is 0 Å². The molecule has 2 aliphatic carbocycles. The van der Waals surface area contributed by atoms with Gasteiger partial charge in [-0.1, -0.05) is 208 Å². The molecule has 0 saturated carbocycles. The van der Waals surface area contributed by atoms with Crippen molar-refractivity contribution in [3.8, 4) is 33.8 Å². The normalized spacial score (nSPS) is 14.1. The number of likely N-dealkylation sites (N-methyl/N-ethyl adjacent to an activating group) is 2. The topological polar surface area (TPSA) is 46.9 Å². The second kappa shape index (κ2) is 16.3. The quantitative estimate of drug-likeness (QED) is 0.122. The minimum absolute atomic E-state index is 0.345. The van der Waals surface area contributed by atoms with Gasteiger partial charge in [0.15, 0.2) is 0 Å². The number of rotatable bonds is 13. The average molecular weight is 809 g/mol. The Bertz CT molecular complexity index is 2600. The van der Waals surface area contributed by atoms with Crippen LogP contribution in [-0.4, -0.2) is 46.2 Å². The summed E-state index contributed by atoms with van der Waals surface area (Å²) in [7, 11) is 0. The summed E-state index contributed by atoms with van der Waals surface area (Å²) in [5.41, 5.74) is 14.2. The highest BCUT2D eigenvalue weighted by molar-refractivity contribution is 5.88. The monoisotopic (exact) mass is 808 g/mol. The molecule has 2 N–H and O–H groups in total. The van der Waals surface area contributed by atoms with Crippen LogP contribution in [-0.2, 0) is 23.9 Å². The second-order valence-corrected chi connectivity index (χ2v) is 16.8. The molecule has 62 heavy (non-hydrogen) atoms. The standard InChI is InChI=1S/C58H52N2O2/c1-3-59(39-41-21-19-35-53(55(41)61)57(43-23-7-5-8-24-43)49-31-15-11-27-45(49)46-28-12-16-32-50(46)57)37-38-60(4-2)40-42-22-20-36-54(56(42)62)58(44-25-9-6-10-26-44)51-33-17-13-29-47(51)48-30-14-18-34-52(48)58/h5-36,61-62H,3-4,37-40H2,1-2H3. The van der Waals surface area contributed by atoms with Crippen LogP contribution in [0, 0.1) is 0 Å². The highest BCUT2D eigenvalue weighted by Gasteiger charge is 2.49. The Labute approximate surface area is 366 Å². The summed E-state index contributed by atoms with van der Waals surface area (Å²) < 4.78 is 0. The van der Waals surface area contributed by atoms with Crippen LogP contribution in [0.4, 0.5) is 0 Å². The molecule has 0 amide bonds. The van der Waals surface area contributed by atoms with Crippen molar-refractivity contribution in [3.05, 3.63) is 250 Å². The summed E-state index contributed by atoms with van der Waals surface area (Å²) in [6, 6.07) is 68.6. The molecule has 8 aromatic carbocycles. The van der Waals surface area contributed by atoms with Crippen molar-refractivity contribution in [2.45, 2.75) is 37.8 Å². The van der Waals surface area contributed by atoms with Crippen molar-refractivity contribution in [2.75, 3.05) is 26.2 Å². The van der Waals surface area contributed by atoms with E-state index in [2.05, 4.69) is 218 Å². The zero-order chi connectivity index (χ0) is 42.3. The third-order valence-corrected chi connectivity index (χ3v) is 13.8. The maximum Gasteiger partial charge on any atom is 0.124 e. The van der Waals surface area contributed by atoms with Gasteiger partial charge in [-0.3, -0.25) is 9.80 Å². The van der Waals surface area contributed by atoms with E-state index < -0.39 is 10.8 Å². The number of benzene rings is 8. The van der Waals surface area contributed by atoms with E-state index in [1.807, 2.05) is 0 Å². The summed E-state index contributed by atoms with van der Waals surface area (Å²) in [6.45, 7) is 8.88. The van der Waals surface area contributed by atoms with Crippen LogP contribution in [0.15, 0.2) is 194 Å². The zero-order valence-corrected chi connectivity index (χ0v) is 35.5. The highest BCUT2D eigenvalue weighted by atomic mass is 16.3. The number of phenols is 2. The summed E-state index contributed by atoms with van der Waals surface area (Å²) >= 11 is 0. The smallest absolute Gasteiger partial charge is 0.124 e. The Morgan fingerprint density at radius 1 is 0.339 bits per heavy atom. The first-order chi connectivity index (χ1) is 30.5. The number of fused-ring (bicyclic) bond motifs is 6. The first kappa shape index (κ1) is 39.4. The summed E-state index contributed by atoms with van der Waals surface area (Å²) in [5, 5.41) is 25.0. The molecule has 4 nitrogen and oxygen atoms in total. The summed E-state index contributed by atoms with van der Waals surface area (Å²) in [5.74, 6) is 0.690. The molecule has 0 atom stereocenters. The number of hydrogen-bond donors (Lipinski definition) is 2. The van der Waals surface area contributed by atoms with Crippen LogP contribution in [0.5, 0.6) is 11.5 Å².